The molecule has 0 spiro atoms. The van der Waals surface area contributed by atoms with Crippen LogP contribution in [0.2, 0.25) is 0 Å². The maximum absolute atomic E-state index is 12.4. The van der Waals surface area contributed by atoms with E-state index in [9.17, 15) is 9.59 Å². The van der Waals surface area contributed by atoms with Gasteiger partial charge in [-0.2, -0.15) is 0 Å². The zero-order valence-corrected chi connectivity index (χ0v) is 15.4. The van der Waals surface area contributed by atoms with Crippen molar-refractivity contribution < 1.29 is 14.3 Å². The van der Waals surface area contributed by atoms with Crippen molar-refractivity contribution in [3.05, 3.63) is 83.9 Å². The average Bonchev–Trinajstić information content (AvgIpc) is 3.30. The molecule has 4 aromatic rings. The first-order chi connectivity index (χ1) is 14.2. The smallest absolute Gasteiger partial charge is 0.339 e. The molecule has 0 fully saturated rings. The molecule has 142 valence electrons. The number of hydrogen-bond acceptors (Lipinski definition) is 4. The first-order valence-corrected chi connectivity index (χ1v) is 9.32. The third-order valence-corrected chi connectivity index (χ3v) is 4.98. The maximum atomic E-state index is 12.4. The summed E-state index contributed by atoms with van der Waals surface area (Å²) in [7, 11) is 0. The number of para-hydroxylation sites is 2. The second-order valence-corrected chi connectivity index (χ2v) is 6.91. The standard InChI is InChI=1S/C23H17N3O3/c27-21(13-20-16-5-1-2-6-17(16)23(28)29-20)24-15-11-9-14(10-12-15)22-25-18-7-3-4-8-19(18)26-22/h1-12,20H,13H2,(H,24,27)(H,25,26)/t20-/m1/s1. The van der Waals surface area contributed by atoms with Crippen molar-refractivity contribution >= 4 is 28.6 Å². The number of amides is 1. The van der Waals surface area contributed by atoms with E-state index in [0.29, 0.717) is 11.3 Å². The number of cyclic esters (lactones) is 1. The number of rotatable bonds is 4. The third-order valence-electron chi connectivity index (χ3n) is 4.98. The van der Waals surface area contributed by atoms with Crippen LogP contribution < -0.4 is 5.32 Å². The van der Waals surface area contributed by atoms with Gasteiger partial charge < -0.3 is 15.0 Å². The molecule has 1 aliphatic rings. The molecule has 2 heterocycles. The van der Waals surface area contributed by atoms with E-state index >= 15 is 0 Å². The molecule has 0 radical (unpaired) electrons. The van der Waals surface area contributed by atoms with Crippen LogP contribution in [0.25, 0.3) is 22.4 Å². The fourth-order valence-corrected chi connectivity index (χ4v) is 3.55. The first-order valence-electron chi connectivity index (χ1n) is 9.32. The minimum absolute atomic E-state index is 0.0775. The predicted molar refractivity (Wildman–Crippen MR) is 109 cm³/mol. The molecule has 1 aromatic heterocycles. The van der Waals surface area contributed by atoms with E-state index in [-0.39, 0.29) is 18.3 Å². The second kappa shape index (κ2) is 6.91. The number of aromatic nitrogens is 2. The van der Waals surface area contributed by atoms with Gasteiger partial charge in [0, 0.05) is 16.8 Å². The van der Waals surface area contributed by atoms with Gasteiger partial charge in [-0.15, -0.1) is 0 Å². The summed E-state index contributed by atoms with van der Waals surface area (Å²) in [6.45, 7) is 0. The molecule has 2 N–H and O–H groups in total. The van der Waals surface area contributed by atoms with Gasteiger partial charge in [0.15, 0.2) is 0 Å². The molecule has 0 bridgehead atoms. The Hall–Kier alpha value is -3.93. The number of anilines is 1. The molecule has 6 nitrogen and oxygen atoms in total. The zero-order valence-electron chi connectivity index (χ0n) is 15.4. The van der Waals surface area contributed by atoms with Crippen molar-refractivity contribution in [3.63, 3.8) is 0 Å². The van der Waals surface area contributed by atoms with E-state index in [1.165, 1.54) is 0 Å². The van der Waals surface area contributed by atoms with Gasteiger partial charge in [0.1, 0.15) is 11.9 Å². The Morgan fingerprint density at radius 2 is 1.76 bits per heavy atom. The monoisotopic (exact) mass is 383 g/mol. The quantitative estimate of drug-likeness (QED) is 0.509. The molecule has 3 aromatic carbocycles. The normalized spacial score (nSPS) is 15.2. The SMILES string of the molecule is O=C(C[C@H]1OC(=O)c2ccccc21)Nc1ccc(-c2nc3ccccc3[nH]2)cc1. The summed E-state index contributed by atoms with van der Waals surface area (Å²) >= 11 is 0. The fourth-order valence-electron chi connectivity index (χ4n) is 3.55. The van der Waals surface area contributed by atoms with Gasteiger partial charge in [0.05, 0.1) is 23.0 Å². The van der Waals surface area contributed by atoms with Crippen LogP contribution in [0.5, 0.6) is 0 Å². The summed E-state index contributed by atoms with van der Waals surface area (Å²) in [5.74, 6) is 0.183. The van der Waals surface area contributed by atoms with Crippen LogP contribution in [0.3, 0.4) is 0 Å². The van der Waals surface area contributed by atoms with E-state index in [1.807, 2.05) is 60.7 Å². The molecular weight excluding hydrogens is 366 g/mol. The van der Waals surface area contributed by atoms with Gasteiger partial charge in [-0.05, 0) is 42.5 Å². The van der Waals surface area contributed by atoms with Crippen molar-refractivity contribution in [2.45, 2.75) is 12.5 Å². The van der Waals surface area contributed by atoms with E-state index in [4.69, 9.17) is 4.74 Å². The van der Waals surface area contributed by atoms with Crippen LogP contribution >= 0.6 is 0 Å². The number of benzene rings is 3. The Kier molecular flexibility index (Phi) is 4.09. The third kappa shape index (κ3) is 3.25. The van der Waals surface area contributed by atoms with Gasteiger partial charge >= 0.3 is 5.97 Å². The highest BCUT2D eigenvalue weighted by atomic mass is 16.5. The molecule has 1 aliphatic heterocycles. The van der Waals surface area contributed by atoms with Crippen LogP contribution in [0.15, 0.2) is 72.8 Å². The molecule has 0 unspecified atom stereocenters. The molecule has 29 heavy (non-hydrogen) atoms. The fraction of sp³-hybridized carbons (Fsp3) is 0.0870. The first kappa shape index (κ1) is 17.2. The van der Waals surface area contributed by atoms with Crippen molar-refractivity contribution in [1.82, 2.24) is 9.97 Å². The molecular formula is C23H17N3O3. The zero-order chi connectivity index (χ0) is 19.8. The summed E-state index contributed by atoms with van der Waals surface area (Å²) < 4.78 is 5.33. The summed E-state index contributed by atoms with van der Waals surface area (Å²) in [4.78, 5) is 32.2. The Morgan fingerprint density at radius 1 is 1.00 bits per heavy atom. The summed E-state index contributed by atoms with van der Waals surface area (Å²) in [6.07, 6.45) is -0.470. The molecule has 6 heteroatoms. The van der Waals surface area contributed by atoms with Gasteiger partial charge in [-0.25, -0.2) is 9.78 Å². The molecule has 0 saturated carbocycles. The topological polar surface area (TPSA) is 84.1 Å². The lowest BCUT2D eigenvalue weighted by molar-refractivity contribution is -0.118. The Bertz CT molecular complexity index is 1190. The molecule has 1 atom stereocenters. The number of nitrogens with one attached hydrogen (secondary N) is 2. The number of esters is 1. The van der Waals surface area contributed by atoms with Crippen LogP contribution in [-0.4, -0.2) is 21.8 Å². The Morgan fingerprint density at radius 3 is 2.59 bits per heavy atom. The van der Waals surface area contributed by atoms with E-state index < -0.39 is 6.10 Å². The molecule has 5 rings (SSSR count). The number of ether oxygens (including phenoxy) is 1. The number of nitrogens with zero attached hydrogens (tertiary/aromatic N) is 1. The number of carbonyl (C=O) groups excluding carboxylic acids is 2. The summed E-state index contributed by atoms with van der Waals surface area (Å²) in [6, 6.07) is 22.5. The van der Waals surface area contributed by atoms with E-state index in [2.05, 4.69) is 15.3 Å². The average molecular weight is 383 g/mol. The van der Waals surface area contributed by atoms with Crippen molar-refractivity contribution in [2.75, 3.05) is 5.32 Å². The highest BCUT2D eigenvalue weighted by molar-refractivity contribution is 5.96. The molecule has 0 aliphatic carbocycles. The van der Waals surface area contributed by atoms with Crippen LogP contribution in [0.4, 0.5) is 5.69 Å². The van der Waals surface area contributed by atoms with E-state index in [0.717, 1.165) is 28.0 Å². The Labute approximate surface area is 166 Å². The lowest BCUT2D eigenvalue weighted by Gasteiger charge is -2.11. The highest BCUT2D eigenvalue weighted by Crippen LogP contribution is 2.33. The van der Waals surface area contributed by atoms with Crippen LogP contribution in [0, 0.1) is 0 Å². The number of H-pyrrole nitrogens is 1. The summed E-state index contributed by atoms with van der Waals surface area (Å²) in [5, 5.41) is 2.86. The predicted octanol–water partition coefficient (Wildman–Crippen LogP) is 4.47. The van der Waals surface area contributed by atoms with Gasteiger partial charge in [-0.3, -0.25) is 4.79 Å². The lowest BCUT2D eigenvalue weighted by Crippen LogP contribution is -2.15. The highest BCUT2D eigenvalue weighted by Gasteiger charge is 2.32. The maximum Gasteiger partial charge on any atom is 0.339 e. The number of fused-ring (bicyclic) bond motifs is 2. The van der Waals surface area contributed by atoms with Gasteiger partial charge in [0.25, 0.3) is 0 Å². The Balaban J connectivity index is 1.28. The van der Waals surface area contributed by atoms with Crippen molar-refractivity contribution in [1.29, 1.82) is 0 Å². The largest absolute Gasteiger partial charge is 0.453 e. The number of carbonyl (C=O) groups is 2. The van der Waals surface area contributed by atoms with E-state index in [1.54, 1.807) is 12.1 Å². The van der Waals surface area contributed by atoms with Gasteiger partial charge in [0.2, 0.25) is 5.91 Å². The lowest BCUT2D eigenvalue weighted by atomic mass is 10.0. The minimum atomic E-state index is -0.548. The second-order valence-electron chi connectivity index (χ2n) is 6.91. The van der Waals surface area contributed by atoms with Crippen molar-refractivity contribution in [3.8, 4) is 11.4 Å². The number of aromatic amines is 1. The molecule has 1 amide bonds. The number of imidazole rings is 1. The van der Waals surface area contributed by atoms with Gasteiger partial charge in [-0.1, -0.05) is 30.3 Å². The van der Waals surface area contributed by atoms with Crippen molar-refractivity contribution in [2.24, 2.45) is 0 Å². The number of hydrogen-bond donors (Lipinski definition) is 2. The van der Waals surface area contributed by atoms with Crippen LogP contribution in [-0.2, 0) is 9.53 Å². The molecule has 0 saturated heterocycles. The summed E-state index contributed by atoms with van der Waals surface area (Å²) in [5.41, 5.74) is 4.77. The van der Waals surface area contributed by atoms with Crippen LogP contribution in [0.1, 0.15) is 28.4 Å². The minimum Gasteiger partial charge on any atom is -0.453 e.